The number of anilines is 1. The molecule has 0 heterocycles. The lowest BCUT2D eigenvalue weighted by atomic mass is 10.1. The van der Waals surface area contributed by atoms with E-state index in [1.165, 1.54) is 5.56 Å². The lowest BCUT2D eigenvalue weighted by Crippen LogP contribution is -2.20. The van der Waals surface area contributed by atoms with Gasteiger partial charge in [-0.05, 0) is 36.2 Å². The van der Waals surface area contributed by atoms with Crippen LogP contribution in [0.4, 0.5) is 14.5 Å². The predicted octanol–water partition coefficient (Wildman–Crippen LogP) is 3.93. The van der Waals surface area contributed by atoms with Crippen LogP contribution in [0.1, 0.15) is 18.9 Å². The average molecular weight is 305 g/mol. The first kappa shape index (κ1) is 15.9. The number of hydrogen-bond donors (Lipinski definition) is 1. The number of amides is 1. The maximum Gasteiger partial charge on any atom is 0.262 e. The first-order chi connectivity index (χ1) is 10.6. The number of benzene rings is 2. The number of carbonyl (C=O) groups is 1. The highest BCUT2D eigenvalue weighted by atomic mass is 19.1. The monoisotopic (exact) mass is 305 g/mol. The van der Waals surface area contributed by atoms with Gasteiger partial charge in [0.25, 0.3) is 5.91 Å². The highest BCUT2D eigenvalue weighted by Crippen LogP contribution is 2.17. The summed E-state index contributed by atoms with van der Waals surface area (Å²) in [5, 5.41) is 2.65. The number of carbonyl (C=O) groups excluding carboxylic acids is 1. The molecule has 0 saturated heterocycles. The van der Waals surface area contributed by atoms with Gasteiger partial charge in [0.15, 0.2) is 18.2 Å². The number of halogens is 2. The average Bonchev–Trinajstić information content (AvgIpc) is 2.49. The van der Waals surface area contributed by atoms with Crippen molar-refractivity contribution in [2.45, 2.75) is 19.8 Å². The van der Waals surface area contributed by atoms with E-state index in [1.807, 2.05) is 12.1 Å². The Morgan fingerprint density at radius 2 is 1.86 bits per heavy atom. The summed E-state index contributed by atoms with van der Waals surface area (Å²) in [6.45, 7) is 1.75. The smallest absolute Gasteiger partial charge is 0.262 e. The van der Waals surface area contributed by atoms with Crippen molar-refractivity contribution >= 4 is 11.6 Å². The van der Waals surface area contributed by atoms with E-state index in [1.54, 1.807) is 12.1 Å². The van der Waals surface area contributed by atoms with Gasteiger partial charge in [-0.1, -0.05) is 25.5 Å². The third kappa shape index (κ3) is 4.55. The van der Waals surface area contributed by atoms with Gasteiger partial charge in [0.1, 0.15) is 5.82 Å². The van der Waals surface area contributed by atoms with Crippen LogP contribution in [-0.2, 0) is 11.2 Å². The molecular formula is C17H17F2NO2. The Morgan fingerprint density at radius 3 is 2.50 bits per heavy atom. The van der Waals surface area contributed by atoms with Gasteiger partial charge >= 0.3 is 0 Å². The molecule has 0 aliphatic heterocycles. The van der Waals surface area contributed by atoms with Crippen LogP contribution in [-0.4, -0.2) is 12.5 Å². The summed E-state index contributed by atoms with van der Waals surface area (Å²) in [5.41, 5.74) is 1.85. The van der Waals surface area contributed by atoms with Crippen molar-refractivity contribution in [3.8, 4) is 5.75 Å². The maximum absolute atomic E-state index is 13.3. The van der Waals surface area contributed by atoms with Crippen LogP contribution < -0.4 is 10.1 Å². The summed E-state index contributed by atoms with van der Waals surface area (Å²) in [7, 11) is 0. The van der Waals surface area contributed by atoms with Gasteiger partial charge in [0.2, 0.25) is 0 Å². The van der Waals surface area contributed by atoms with Crippen molar-refractivity contribution in [3.05, 3.63) is 59.7 Å². The van der Waals surface area contributed by atoms with E-state index < -0.39 is 17.5 Å². The SMILES string of the molecule is CCCc1ccc(NC(=O)COc2ccc(F)cc2F)cc1. The fraction of sp³-hybridized carbons (Fsp3) is 0.235. The maximum atomic E-state index is 13.3. The quantitative estimate of drug-likeness (QED) is 0.878. The normalized spacial score (nSPS) is 10.3. The predicted molar refractivity (Wildman–Crippen MR) is 80.9 cm³/mol. The minimum atomic E-state index is -0.836. The molecule has 22 heavy (non-hydrogen) atoms. The standard InChI is InChI=1S/C17H17F2NO2/c1-2-3-12-4-7-14(8-5-12)20-17(21)11-22-16-9-6-13(18)10-15(16)19/h4-10H,2-3,11H2,1H3,(H,20,21). The zero-order valence-corrected chi connectivity index (χ0v) is 12.2. The van der Waals surface area contributed by atoms with Crippen molar-refractivity contribution in [1.29, 1.82) is 0 Å². The Kier molecular flexibility index (Phi) is 5.47. The van der Waals surface area contributed by atoms with Crippen LogP contribution in [0.5, 0.6) is 5.75 Å². The summed E-state index contributed by atoms with van der Waals surface area (Å²) < 4.78 is 31.1. The molecule has 0 unspecified atom stereocenters. The topological polar surface area (TPSA) is 38.3 Å². The van der Waals surface area contributed by atoms with Crippen LogP contribution in [0.15, 0.2) is 42.5 Å². The molecular weight excluding hydrogens is 288 g/mol. The molecule has 5 heteroatoms. The van der Waals surface area contributed by atoms with Gasteiger partial charge in [0.05, 0.1) is 0 Å². The molecule has 0 atom stereocenters. The van der Waals surface area contributed by atoms with Crippen molar-refractivity contribution in [2.75, 3.05) is 11.9 Å². The minimum Gasteiger partial charge on any atom is -0.481 e. The molecule has 116 valence electrons. The number of hydrogen-bond acceptors (Lipinski definition) is 2. The molecule has 0 aliphatic rings. The number of rotatable bonds is 6. The summed E-state index contributed by atoms with van der Waals surface area (Å²) in [6, 6.07) is 10.4. The molecule has 2 aromatic rings. The van der Waals surface area contributed by atoms with Gasteiger partial charge < -0.3 is 10.1 Å². The Hall–Kier alpha value is -2.43. The van der Waals surface area contributed by atoms with E-state index in [4.69, 9.17) is 4.74 Å². The van der Waals surface area contributed by atoms with Crippen LogP contribution >= 0.6 is 0 Å². The minimum absolute atomic E-state index is 0.158. The van der Waals surface area contributed by atoms with Crippen molar-refractivity contribution in [3.63, 3.8) is 0 Å². The second-order valence-corrected chi connectivity index (χ2v) is 4.86. The molecule has 1 amide bonds. The number of aryl methyl sites for hydroxylation is 1. The summed E-state index contributed by atoms with van der Waals surface area (Å²) in [5.74, 6) is -2.10. The molecule has 0 saturated carbocycles. The molecule has 3 nitrogen and oxygen atoms in total. The lowest BCUT2D eigenvalue weighted by Gasteiger charge is -2.09. The molecule has 0 aliphatic carbocycles. The zero-order valence-electron chi connectivity index (χ0n) is 12.2. The van der Waals surface area contributed by atoms with Crippen molar-refractivity contribution in [2.24, 2.45) is 0 Å². The second-order valence-electron chi connectivity index (χ2n) is 4.86. The first-order valence-electron chi connectivity index (χ1n) is 7.05. The summed E-state index contributed by atoms with van der Waals surface area (Å²) in [4.78, 5) is 11.7. The highest BCUT2D eigenvalue weighted by Gasteiger charge is 2.08. The Balaban J connectivity index is 1.87. The summed E-state index contributed by atoms with van der Waals surface area (Å²) in [6.07, 6.45) is 2.05. The van der Waals surface area contributed by atoms with Crippen LogP contribution in [0.25, 0.3) is 0 Å². The van der Waals surface area contributed by atoms with E-state index >= 15 is 0 Å². The van der Waals surface area contributed by atoms with Gasteiger partial charge in [-0.15, -0.1) is 0 Å². The molecule has 2 rings (SSSR count). The van der Waals surface area contributed by atoms with E-state index in [0.717, 1.165) is 25.0 Å². The first-order valence-corrected chi connectivity index (χ1v) is 7.05. The third-order valence-electron chi connectivity index (χ3n) is 3.03. The van der Waals surface area contributed by atoms with E-state index in [0.29, 0.717) is 11.8 Å². The van der Waals surface area contributed by atoms with Crippen LogP contribution in [0.2, 0.25) is 0 Å². The lowest BCUT2D eigenvalue weighted by molar-refractivity contribution is -0.118. The Labute approximate surface area is 127 Å². The largest absolute Gasteiger partial charge is 0.481 e. The van der Waals surface area contributed by atoms with Gasteiger partial charge in [-0.25, -0.2) is 8.78 Å². The number of ether oxygens (including phenoxy) is 1. The van der Waals surface area contributed by atoms with Crippen LogP contribution in [0, 0.1) is 11.6 Å². The van der Waals surface area contributed by atoms with Crippen LogP contribution in [0.3, 0.4) is 0 Å². The van der Waals surface area contributed by atoms with Gasteiger partial charge in [0, 0.05) is 11.8 Å². The fourth-order valence-electron chi connectivity index (χ4n) is 1.98. The van der Waals surface area contributed by atoms with E-state index in [-0.39, 0.29) is 12.4 Å². The van der Waals surface area contributed by atoms with Gasteiger partial charge in [-0.3, -0.25) is 4.79 Å². The van der Waals surface area contributed by atoms with E-state index in [9.17, 15) is 13.6 Å². The molecule has 0 aromatic heterocycles. The Bertz CT molecular complexity index is 642. The fourth-order valence-corrected chi connectivity index (χ4v) is 1.98. The van der Waals surface area contributed by atoms with Gasteiger partial charge in [-0.2, -0.15) is 0 Å². The molecule has 2 aromatic carbocycles. The second kappa shape index (κ2) is 7.54. The molecule has 0 radical (unpaired) electrons. The molecule has 0 fully saturated rings. The zero-order chi connectivity index (χ0) is 15.9. The third-order valence-corrected chi connectivity index (χ3v) is 3.03. The molecule has 0 bridgehead atoms. The number of nitrogens with one attached hydrogen (secondary N) is 1. The molecule has 1 N–H and O–H groups in total. The Morgan fingerprint density at radius 1 is 1.14 bits per heavy atom. The van der Waals surface area contributed by atoms with E-state index in [2.05, 4.69) is 12.2 Å². The summed E-state index contributed by atoms with van der Waals surface area (Å²) >= 11 is 0. The highest BCUT2D eigenvalue weighted by molar-refractivity contribution is 5.91. The molecule has 0 spiro atoms. The van der Waals surface area contributed by atoms with Crippen molar-refractivity contribution < 1.29 is 18.3 Å². The van der Waals surface area contributed by atoms with Crippen molar-refractivity contribution in [1.82, 2.24) is 0 Å².